The van der Waals surface area contributed by atoms with Gasteiger partial charge in [-0.05, 0) is 18.6 Å². The molecule has 1 aromatic rings. The Kier molecular flexibility index (Phi) is 4.48. The summed E-state index contributed by atoms with van der Waals surface area (Å²) in [5.74, 6) is 0.216. The maximum Gasteiger partial charge on any atom is 0.152 e. The van der Waals surface area contributed by atoms with Gasteiger partial charge < -0.3 is 5.32 Å². The summed E-state index contributed by atoms with van der Waals surface area (Å²) in [6, 6.07) is 9.72. The number of nitrogens with one attached hydrogen (secondary N) is 1. The van der Waals surface area contributed by atoms with Crippen LogP contribution in [0.3, 0.4) is 0 Å². The number of hydrogen-bond donors (Lipinski definition) is 1. The molecule has 0 atom stereocenters. The summed E-state index contributed by atoms with van der Waals surface area (Å²) in [5, 5.41) is 3.07. The van der Waals surface area contributed by atoms with Crippen LogP contribution in [-0.4, -0.2) is 12.3 Å². The minimum atomic E-state index is 0.216. The molecule has 1 aromatic carbocycles. The van der Waals surface area contributed by atoms with E-state index in [0.29, 0.717) is 13.0 Å². The van der Waals surface area contributed by atoms with Crippen molar-refractivity contribution in [3.05, 3.63) is 43.0 Å². The first-order valence-electron chi connectivity index (χ1n) is 4.74. The second kappa shape index (κ2) is 5.97. The first-order chi connectivity index (χ1) is 6.83. The van der Waals surface area contributed by atoms with E-state index in [9.17, 15) is 4.79 Å². The Morgan fingerprint density at radius 2 is 2.07 bits per heavy atom. The monoisotopic (exact) mass is 189 g/mol. The van der Waals surface area contributed by atoms with Crippen LogP contribution in [0.2, 0.25) is 0 Å². The molecule has 14 heavy (non-hydrogen) atoms. The SMILES string of the molecule is C=CCCC(=O)CNc1ccccc1. The lowest BCUT2D eigenvalue weighted by Crippen LogP contribution is -2.12. The van der Waals surface area contributed by atoms with Crippen molar-refractivity contribution >= 4 is 11.5 Å². The highest BCUT2D eigenvalue weighted by molar-refractivity contribution is 5.82. The topological polar surface area (TPSA) is 29.1 Å². The smallest absolute Gasteiger partial charge is 0.152 e. The Labute approximate surface area is 84.6 Å². The highest BCUT2D eigenvalue weighted by atomic mass is 16.1. The number of Topliss-reactive ketones (excluding diaryl/α,β-unsaturated/α-hetero) is 1. The molecule has 0 saturated carbocycles. The van der Waals surface area contributed by atoms with Crippen molar-refractivity contribution in [3.8, 4) is 0 Å². The Hall–Kier alpha value is -1.57. The van der Waals surface area contributed by atoms with Crippen LogP contribution >= 0.6 is 0 Å². The van der Waals surface area contributed by atoms with Gasteiger partial charge in [-0.1, -0.05) is 24.3 Å². The number of ketones is 1. The molecule has 0 aromatic heterocycles. The molecule has 0 saturated heterocycles. The van der Waals surface area contributed by atoms with Crippen molar-refractivity contribution in [2.45, 2.75) is 12.8 Å². The molecule has 0 radical (unpaired) electrons. The highest BCUT2D eigenvalue weighted by Gasteiger charge is 1.99. The van der Waals surface area contributed by atoms with Gasteiger partial charge in [0, 0.05) is 12.1 Å². The van der Waals surface area contributed by atoms with Gasteiger partial charge in [-0.2, -0.15) is 0 Å². The first-order valence-corrected chi connectivity index (χ1v) is 4.74. The molecule has 0 fully saturated rings. The number of benzene rings is 1. The third kappa shape index (κ3) is 3.90. The van der Waals surface area contributed by atoms with Crippen molar-refractivity contribution in [2.24, 2.45) is 0 Å². The Balaban J connectivity index is 2.27. The van der Waals surface area contributed by atoms with E-state index in [1.807, 2.05) is 30.3 Å². The standard InChI is InChI=1S/C12H15NO/c1-2-3-9-12(14)10-13-11-7-5-4-6-8-11/h2,4-8,13H,1,3,9-10H2. The zero-order valence-electron chi connectivity index (χ0n) is 8.20. The number of rotatable bonds is 6. The summed E-state index contributed by atoms with van der Waals surface area (Å²) in [6.07, 6.45) is 3.10. The van der Waals surface area contributed by atoms with Crippen molar-refractivity contribution in [3.63, 3.8) is 0 Å². The predicted octanol–water partition coefficient (Wildman–Crippen LogP) is 2.63. The summed E-state index contributed by atoms with van der Waals surface area (Å²) >= 11 is 0. The summed E-state index contributed by atoms with van der Waals surface area (Å²) in [6.45, 7) is 3.98. The molecule has 0 aliphatic heterocycles. The van der Waals surface area contributed by atoms with E-state index in [1.54, 1.807) is 6.08 Å². The van der Waals surface area contributed by atoms with Gasteiger partial charge in [0.15, 0.2) is 5.78 Å². The molecule has 0 heterocycles. The second-order valence-electron chi connectivity index (χ2n) is 3.09. The second-order valence-corrected chi connectivity index (χ2v) is 3.09. The van der Waals surface area contributed by atoms with Crippen molar-refractivity contribution in [1.29, 1.82) is 0 Å². The average Bonchev–Trinajstić information content (AvgIpc) is 2.25. The third-order valence-corrected chi connectivity index (χ3v) is 1.89. The van der Waals surface area contributed by atoms with E-state index < -0.39 is 0 Å². The molecule has 74 valence electrons. The minimum absolute atomic E-state index is 0.216. The quantitative estimate of drug-likeness (QED) is 0.697. The maximum atomic E-state index is 11.3. The molecule has 0 spiro atoms. The number of carbonyl (C=O) groups excluding carboxylic acids is 1. The van der Waals surface area contributed by atoms with Crippen LogP contribution in [0, 0.1) is 0 Å². The normalized spacial score (nSPS) is 9.43. The molecule has 1 N–H and O–H groups in total. The molecule has 0 bridgehead atoms. The van der Waals surface area contributed by atoms with Crippen LogP contribution in [0.1, 0.15) is 12.8 Å². The van der Waals surface area contributed by atoms with E-state index in [1.165, 1.54) is 0 Å². The number of carbonyl (C=O) groups is 1. The molecule has 1 rings (SSSR count). The molecule has 2 heteroatoms. The van der Waals surface area contributed by atoms with Crippen LogP contribution in [0.25, 0.3) is 0 Å². The molecule has 0 unspecified atom stereocenters. The average molecular weight is 189 g/mol. The summed E-state index contributed by atoms with van der Waals surface area (Å²) in [5.41, 5.74) is 0.986. The van der Waals surface area contributed by atoms with Crippen LogP contribution in [-0.2, 0) is 4.79 Å². The molecule has 0 aliphatic rings. The first kappa shape index (κ1) is 10.5. The van der Waals surface area contributed by atoms with E-state index >= 15 is 0 Å². The van der Waals surface area contributed by atoms with Gasteiger partial charge in [0.05, 0.1) is 6.54 Å². The number of anilines is 1. The largest absolute Gasteiger partial charge is 0.378 e. The molecular weight excluding hydrogens is 174 g/mol. The minimum Gasteiger partial charge on any atom is -0.378 e. The van der Waals surface area contributed by atoms with Crippen LogP contribution < -0.4 is 5.32 Å². The summed E-state index contributed by atoms with van der Waals surface area (Å²) in [7, 11) is 0. The van der Waals surface area contributed by atoms with Crippen molar-refractivity contribution in [1.82, 2.24) is 0 Å². The lowest BCUT2D eigenvalue weighted by Gasteiger charge is -2.03. The van der Waals surface area contributed by atoms with E-state index in [0.717, 1.165) is 12.1 Å². The van der Waals surface area contributed by atoms with Gasteiger partial charge in [-0.25, -0.2) is 0 Å². The van der Waals surface area contributed by atoms with E-state index in [-0.39, 0.29) is 5.78 Å². The molecule has 0 amide bonds. The summed E-state index contributed by atoms with van der Waals surface area (Å²) < 4.78 is 0. The van der Waals surface area contributed by atoms with Crippen LogP contribution in [0.15, 0.2) is 43.0 Å². The Morgan fingerprint density at radius 1 is 1.36 bits per heavy atom. The molecule has 0 aliphatic carbocycles. The highest BCUT2D eigenvalue weighted by Crippen LogP contribution is 2.04. The number of para-hydroxylation sites is 1. The fourth-order valence-corrected chi connectivity index (χ4v) is 1.11. The lowest BCUT2D eigenvalue weighted by atomic mass is 10.2. The van der Waals surface area contributed by atoms with Gasteiger partial charge >= 0.3 is 0 Å². The molecule has 2 nitrogen and oxygen atoms in total. The lowest BCUT2D eigenvalue weighted by molar-refractivity contribution is -0.117. The van der Waals surface area contributed by atoms with Crippen LogP contribution in [0.5, 0.6) is 0 Å². The van der Waals surface area contributed by atoms with Gasteiger partial charge in [-0.15, -0.1) is 6.58 Å². The predicted molar refractivity (Wildman–Crippen MR) is 59.4 cm³/mol. The molecular formula is C12H15NO. The fourth-order valence-electron chi connectivity index (χ4n) is 1.11. The zero-order chi connectivity index (χ0) is 10.2. The van der Waals surface area contributed by atoms with E-state index in [4.69, 9.17) is 0 Å². The third-order valence-electron chi connectivity index (χ3n) is 1.89. The van der Waals surface area contributed by atoms with Gasteiger partial charge in [-0.3, -0.25) is 4.79 Å². The number of allylic oxidation sites excluding steroid dienone is 1. The van der Waals surface area contributed by atoms with Crippen LogP contribution in [0.4, 0.5) is 5.69 Å². The summed E-state index contributed by atoms with van der Waals surface area (Å²) in [4.78, 5) is 11.3. The van der Waals surface area contributed by atoms with E-state index in [2.05, 4.69) is 11.9 Å². The zero-order valence-corrected chi connectivity index (χ0v) is 8.20. The van der Waals surface area contributed by atoms with Crippen molar-refractivity contribution in [2.75, 3.05) is 11.9 Å². The number of hydrogen-bond acceptors (Lipinski definition) is 2. The fraction of sp³-hybridized carbons (Fsp3) is 0.250. The Bertz CT molecular complexity index is 292. The Morgan fingerprint density at radius 3 is 2.71 bits per heavy atom. The van der Waals surface area contributed by atoms with Gasteiger partial charge in [0.1, 0.15) is 0 Å². The van der Waals surface area contributed by atoms with Crippen molar-refractivity contribution < 1.29 is 4.79 Å². The van der Waals surface area contributed by atoms with Gasteiger partial charge in [0.2, 0.25) is 0 Å². The maximum absolute atomic E-state index is 11.3. The van der Waals surface area contributed by atoms with Gasteiger partial charge in [0.25, 0.3) is 0 Å².